The first-order valence-corrected chi connectivity index (χ1v) is 5.98. The van der Waals surface area contributed by atoms with Crippen LogP contribution in [0.25, 0.3) is 0 Å². The maximum Gasteiger partial charge on any atom is 0.145 e. The van der Waals surface area contributed by atoms with Gasteiger partial charge in [-0.3, -0.25) is 5.41 Å². The Balaban J connectivity index is 0.000000711. The van der Waals surface area contributed by atoms with Gasteiger partial charge in [-0.1, -0.05) is 19.1 Å². The van der Waals surface area contributed by atoms with Crippen LogP contribution in [0.1, 0.15) is 12.5 Å². The molecule has 0 saturated carbocycles. The van der Waals surface area contributed by atoms with Gasteiger partial charge in [0.15, 0.2) is 0 Å². The summed E-state index contributed by atoms with van der Waals surface area (Å²) in [5.74, 6) is 0.924. The molecule has 0 amide bonds. The van der Waals surface area contributed by atoms with Gasteiger partial charge < -0.3 is 15.6 Å². The molecule has 0 radical (unpaired) electrons. The fourth-order valence-corrected chi connectivity index (χ4v) is 1.32. The zero-order chi connectivity index (χ0) is 14.7. The molecule has 1 rings (SSSR count). The summed E-state index contributed by atoms with van der Waals surface area (Å²) in [6.07, 6.45) is 0.727. The summed E-state index contributed by atoms with van der Waals surface area (Å²) in [5.41, 5.74) is 12.6. The minimum Gasteiger partial charge on any atom is -0.497 e. The van der Waals surface area contributed by atoms with E-state index >= 15 is 0 Å². The van der Waals surface area contributed by atoms with Gasteiger partial charge in [-0.25, -0.2) is 5.53 Å². The van der Waals surface area contributed by atoms with E-state index in [0.717, 1.165) is 17.7 Å². The molecular weight excluding hydrogens is 244 g/mol. The Morgan fingerprint density at radius 2 is 1.95 bits per heavy atom. The van der Waals surface area contributed by atoms with Crippen LogP contribution >= 0.6 is 0 Å². The van der Waals surface area contributed by atoms with Crippen LogP contribution < -0.4 is 10.5 Å². The Bertz CT molecular complexity index is 377. The number of amidine groups is 1. The van der Waals surface area contributed by atoms with Gasteiger partial charge in [0, 0.05) is 12.5 Å². The lowest BCUT2D eigenvalue weighted by atomic mass is 10.0. The molecule has 0 aliphatic heterocycles. The van der Waals surface area contributed by atoms with Crippen LogP contribution in [0.4, 0.5) is 0 Å². The van der Waals surface area contributed by atoms with Crippen molar-refractivity contribution in [1.82, 2.24) is 0 Å². The Morgan fingerprint density at radius 3 is 2.32 bits per heavy atom. The minimum absolute atomic E-state index is 0.0177. The summed E-state index contributed by atoms with van der Waals surface area (Å²) in [5, 5.41) is 18.3. The number of benzene rings is 1. The van der Waals surface area contributed by atoms with E-state index in [0.29, 0.717) is 6.54 Å². The van der Waals surface area contributed by atoms with Gasteiger partial charge in [-0.2, -0.15) is 0 Å². The van der Waals surface area contributed by atoms with E-state index in [1.165, 1.54) is 0 Å². The van der Waals surface area contributed by atoms with Crippen molar-refractivity contribution >= 4 is 5.84 Å². The highest BCUT2D eigenvalue weighted by Crippen LogP contribution is 2.15. The van der Waals surface area contributed by atoms with E-state index in [1.807, 2.05) is 31.2 Å². The van der Waals surface area contributed by atoms with Crippen molar-refractivity contribution in [3.8, 4) is 5.75 Å². The Morgan fingerprint density at radius 1 is 1.42 bits per heavy atom. The highest BCUT2D eigenvalue weighted by atomic mass is 16.5. The second-order valence-electron chi connectivity index (χ2n) is 3.96. The number of nitrogens with zero attached hydrogens (tertiary/aromatic N) is 1. The molecule has 1 atom stereocenters. The van der Waals surface area contributed by atoms with Crippen molar-refractivity contribution in [2.45, 2.75) is 13.3 Å². The highest BCUT2D eigenvalue weighted by molar-refractivity contribution is 5.81. The van der Waals surface area contributed by atoms with Gasteiger partial charge in [0.25, 0.3) is 0 Å². The lowest BCUT2D eigenvalue weighted by Crippen LogP contribution is -2.09. The standard InChI is InChI=1S/C11H15N3O.C2H7NO/c1-8(11(12)14-13)7-9-3-5-10(15-2)6-4-9;3-1-2-4/h3-6,8,12-13H,7H2,1-2H3;4H,1-3H2/t8-;/m0./s1. The first-order chi connectivity index (χ1) is 9.08. The fraction of sp³-hybridized carbons (Fsp3) is 0.462. The van der Waals surface area contributed by atoms with Crippen LogP contribution in [0.15, 0.2) is 29.4 Å². The molecule has 0 bridgehead atoms. The molecule has 1 aromatic carbocycles. The molecule has 1 aromatic rings. The second kappa shape index (κ2) is 10.2. The number of rotatable bonds is 5. The van der Waals surface area contributed by atoms with Crippen molar-refractivity contribution in [2.75, 3.05) is 20.3 Å². The zero-order valence-electron chi connectivity index (χ0n) is 11.4. The maximum absolute atomic E-state index is 7.75. The molecule has 0 heterocycles. The van der Waals surface area contributed by atoms with Gasteiger partial charge in [0.1, 0.15) is 11.6 Å². The third kappa shape index (κ3) is 7.28. The van der Waals surface area contributed by atoms with E-state index < -0.39 is 0 Å². The minimum atomic E-state index is -0.0177. The summed E-state index contributed by atoms with van der Waals surface area (Å²) in [4.78, 5) is 0. The molecule has 0 unspecified atom stereocenters. The zero-order valence-corrected chi connectivity index (χ0v) is 11.4. The van der Waals surface area contributed by atoms with Gasteiger partial charge >= 0.3 is 0 Å². The van der Waals surface area contributed by atoms with Gasteiger partial charge in [-0.05, 0) is 24.1 Å². The Hall–Kier alpha value is -1.79. The quantitative estimate of drug-likeness (QED) is 0.370. The smallest absolute Gasteiger partial charge is 0.145 e. The highest BCUT2D eigenvalue weighted by Gasteiger charge is 2.08. The molecule has 106 valence electrons. The van der Waals surface area contributed by atoms with E-state index in [9.17, 15) is 0 Å². The monoisotopic (exact) mass is 266 g/mol. The molecule has 0 saturated heterocycles. The number of nitrogens with one attached hydrogen (secondary N) is 2. The normalized spacial score (nSPS) is 10.9. The third-order valence-electron chi connectivity index (χ3n) is 2.42. The molecule has 0 fully saturated rings. The van der Waals surface area contributed by atoms with Crippen LogP contribution in [0, 0.1) is 16.9 Å². The lowest BCUT2D eigenvalue weighted by molar-refractivity contribution is 0.306. The first-order valence-electron chi connectivity index (χ1n) is 5.98. The van der Waals surface area contributed by atoms with E-state index in [4.69, 9.17) is 26.5 Å². The molecule has 0 aromatic heterocycles. The van der Waals surface area contributed by atoms with E-state index in [1.54, 1.807) is 7.11 Å². The predicted molar refractivity (Wildman–Crippen MR) is 74.9 cm³/mol. The van der Waals surface area contributed by atoms with Crippen LogP contribution in [0.5, 0.6) is 5.75 Å². The molecule has 0 aliphatic carbocycles. The predicted octanol–water partition coefficient (Wildman–Crippen LogP) is 1.82. The van der Waals surface area contributed by atoms with Crippen molar-refractivity contribution in [1.29, 1.82) is 10.9 Å². The van der Waals surface area contributed by atoms with E-state index in [-0.39, 0.29) is 18.4 Å². The molecule has 6 nitrogen and oxygen atoms in total. The van der Waals surface area contributed by atoms with Crippen molar-refractivity contribution in [3.63, 3.8) is 0 Å². The van der Waals surface area contributed by atoms with Gasteiger partial charge in [0.05, 0.1) is 13.7 Å². The van der Waals surface area contributed by atoms with E-state index in [2.05, 4.69) is 5.11 Å². The maximum atomic E-state index is 7.75. The average molecular weight is 266 g/mol. The number of hydrogen-bond acceptors (Lipinski definition) is 5. The summed E-state index contributed by atoms with van der Waals surface area (Å²) >= 11 is 0. The van der Waals surface area contributed by atoms with Crippen LogP contribution in [0.2, 0.25) is 0 Å². The summed E-state index contributed by atoms with van der Waals surface area (Å²) in [6.45, 7) is 2.37. The Kier molecular flexibility index (Phi) is 9.20. The first kappa shape index (κ1) is 17.2. The SMILES string of the molecule is COc1ccc(C[C@H](C)C(=N)N=N)cc1.NCCO. The average Bonchev–Trinajstić information content (AvgIpc) is 2.47. The third-order valence-corrected chi connectivity index (χ3v) is 2.42. The lowest BCUT2D eigenvalue weighted by Gasteiger charge is -2.08. The largest absolute Gasteiger partial charge is 0.497 e. The van der Waals surface area contributed by atoms with Crippen molar-refractivity contribution in [2.24, 2.45) is 16.8 Å². The summed E-state index contributed by atoms with van der Waals surface area (Å²) in [6, 6.07) is 7.71. The molecule has 6 heteroatoms. The number of hydrogen-bond donors (Lipinski definition) is 4. The molecular formula is C13H22N4O2. The fourth-order valence-electron chi connectivity index (χ4n) is 1.32. The number of aliphatic hydroxyl groups excluding tert-OH is 1. The Labute approximate surface area is 113 Å². The number of nitrogens with two attached hydrogens (primary N) is 1. The van der Waals surface area contributed by atoms with Crippen LogP contribution in [0.3, 0.4) is 0 Å². The second-order valence-corrected chi connectivity index (χ2v) is 3.96. The molecule has 0 aliphatic rings. The number of methoxy groups -OCH3 is 1. The van der Waals surface area contributed by atoms with Crippen LogP contribution in [-0.2, 0) is 6.42 Å². The summed E-state index contributed by atoms with van der Waals surface area (Å²) in [7, 11) is 1.63. The van der Waals surface area contributed by atoms with Crippen LogP contribution in [-0.4, -0.2) is 31.2 Å². The topological polar surface area (TPSA) is 116 Å². The van der Waals surface area contributed by atoms with Crippen molar-refractivity contribution in [3.05, 3.63) is 29.8 Å². The van der Waals surface area contributed by atoms with Gasteiger partial charge in [0.2, 0.25) is 0 Å². The summed E-state index contributed by atoms with van der Waals surface area (Å²) < 4.78 is 5.05. The number of ether oxygens (including phenoxy) is 1. The van der Waals surface area contributed by atoms with Gasteiger partial charge in [-0.15, -0.1) is 5.11 Å². The molecule has 0 spiro atoms. The number of aliphatic hydroxyl groups is 1. The van der Waals surface area contributed by atoms with Crippen molar-refractivity contribution < 1.29 is 9.84 Å². The molecule has 19 heavy (non-hydrogen) atoms. The molecule has 5 N–H and O–H groups in total.